The van der Waals surface area contributed by atoms with Gasteiger partial charge in [0.2, 0.25) is 5.95 Å². The van der Waals surface area contributed by atoms with E-state index >= 15 is 0 Å². The molecule has 1 unspecified atom stereocenters. The van der Waals surface area contributed by atoms with Gasteiger partial charge in [0.15, 0.2) is 0 Å². The number of aromatic nitrogens is 2. The second kappa shape index (κ2) is 5.09. The van der Waals surface area contributed by atoms with Gasteiger partial charge >= 0.3 is 6.18 Å². The summed E-state index contributed by atoms with van der Waals surface area (Å²) in [4.78, 5) is 9.52. The van der Waals surface area contributed by atoms with E-state index in [1.165, 1.54) is 0 Å². The highest BCUT2D eigenvalue weighted by Gasteiger charge is 2.31. The minimum absolute atomic E-state index is 0.338. The summed E-state index contributed by atoms with van der Waals surface area (Å²) in [6.07, 6.45) is -1.73. The normalized spacial score (nSPS) is 21.1. The van der Waals surface area contributed by atoms with Crippen LogP contribution in [0.25, 0.3) is 0 Å². The Bertz CT molecular complexity index is 390. The SMILES string of the molecule is CCC1CN(c2ncc(C(F)(F)F)cn2)CCN1. The van der Waals surface area contributed by atoms with E-state index in [0.717, 1.165) is 31.9 Å². The van der Waals surface area contributed by atoms with Gasteiger partial charge in [0.25, 0.3) is 0 Å². The molecule has 0 aromatic carbocycles. The largest absolute Gasteiger partial charge is 0.419 e. The Labute approximate surface area is 103 Å². The molecule has 1 N–H and O–H groups in total. The van der Waals surface area contributed by atoms with Crippen molar-refractivity contribution in [3.63, 3.8) is 0 Å². The summed E-state index contributed by atoms with van der Waals surface area (Å²) in [5, 5.41) is 3.33. The molecule has 0 amide bonds. The first kappa shape index (κ1) is 13.1. The van der Waals surface area contributed by atoms with Crippen LogP contribution in [-0.4, -0.2) is 35.6 Å². The van der Waals surface area contributed by atoms with E-state index in [0.29, 0.717) is 18.5 Å². The number of hydrogen-bond donors (Lipinski definition) is 1. The van der Waals surface area contributed by atoms with Crippen LogP contribution < -0.4 is 10.2 Å². The van der Waals surface area contributed by atoms with Crippen molar-refractivity contribution in [2.24, 2.45) is 0 Å². The third-order valence-corrected chi connectivity index (χ3v) is 3.00. The summed E-state index contributed by atoms with van der Waals surface area (Å²) in [5.74, 6) is 0.364. The summed E-state index contributed by atoms with van der Waals surface area (Å²) in [7, 11) is 0. The van der Waals surface area contributed by atoms with Gasteiger partial charge in [-0.15, -0.1) is 0 Å². The molecule has 1 saturated heterocycles. The second-order valence-corrected chi connectivity index (χ2v) is 4.27. The van der Waals surface area contributed by atoms with E-state index in [9.17, 15) is 13.2 Å². The zero-order valence-electron chi connectivity index (χ0n) is 10.0. The van der Waals surface area contributed by atoms with Crippen molar-refractivity contribution in [1.29, 1.82) is 0 Å². The molecule has 2 rings (SSSR count). The van der Waals surface area contributed by atoms with Crippen LogP contribution in [0.5, 0.6) is 0 Å². The predicted octanol–water partition coefficient (Wildman–Crippen LogP) is 1.68. The molecule has 1 aliphatic rings. The van der Waals surface area contributed by atoms with Crippen LogP contribution in [0.1, 0.15) is 18.9 Å². The molecule has 4 nitrogen and oxygen atoms in total. The Hall–Kier alpha value is -1.37. The lowest BCUT2D eigenvalue weighted by molar-refractivity contribution is -0.138. The van der Waals surface area contributed by atoms with Gasteiger partial charge in [-0.3, -0.25) is 0 Å². The molecule has 0 saturated carbocycles. The zero-order valence-corrected chi connectivity index (χ0v) is 10.0. The monoisotopic (exact) mass is 260 g/mol. The fourth-order valence-electron chi connectivity index (χ4n) is 1.91. The lowest BCUT2D eigenvalue weighted by Gasteiger charge is -2.33. The Morgan fingerprint density at radius 2 is 2.06 bits per heavy atom. The van der Waals surface area contributed by atoms with Crippen molar-refractivity contribution >= 4 is 5.95 Å². The van der Waals surface area contributed by atoms with Crippen molar-refractivity contribution in [1.82, 2.24) is 15.3 Å². The highest BCUT2D eigenvalue weighted by molar-refractivity contribution is 5.31. The van der Waals surface area contributed by atoms with Crippen LogP contribution >= 0.6 is 0 Å². The average Bonchev–Trinajstić information content (AvgIpc) is 2.38. The van der Waals surface area contributed by atoms with Gasteiger partial charge < -0.3 is 10.2 Å². The van der Waals surface area contributed by atoms with E-state index < -0.39 is 11.7 Å². The van der Waals surface area contributed by atoms with E-state index in [1.54, 1.807) is 0 Å². The maximum atomic E-state index is 12.4. The molecule has 1 aromatic rings. The minimum Gasteiger partial charge on any atom is -0.338 e. The lowest BCUT2D eigenvalue weighted by Crippen LogP contribution is -2.51. The molecule has 2 heterocycles. The van der Waals surface area contributed by atoms with E-state index in [-0.39, 0.29) is 0 Å². The zero-order chi connectivity index (χ0) is 13.2. The molecule has 1 aromatic heterocycles. The number of nitrogens with one attached hydrogen (secondary N) is 1. The number of rotatable bonds is 2. The Morgan fingerprint density at radius 1 is 1.39 bits per heavy atom. The summed E-state index contributed by atoms with van der Waals surface area (Å²) in [6, 6.07) is 0.338. The second-order valence-electron chi connectivity index (χ2n) is 4.27. The average molecular weight is 260 g/mol. The van der Waals surface area contributed by atoms with Crippen LogP contribution in [0, 0.1) is 0 Å². The third-order valence-electron chi connectivity index (χ3n) is 3.00. The van der Waals surface area contributed by atoms with Crippen LogP contribution in [0.3, 0.4) is 0 Å². The number of anilines is 1. The molecule has 0 bridgehead atoms. The first-order chi connectivity index (χ1) is 8.50. The van der Waals surface area contributed by atoms with Crippen molar-refractivity contribution < 1.29 is 13.2 Å². The molecule has 0 spiro atoms. The molecule has 0 radical (unpaired) electrons. The molecule has 100 valence electrons. The quantitative estimate of drug-likeness (QED) is 0.878. The number of halogens is 3. The predicted molar refractivity (Wildman–Crippen MR) is 61.3 cm³/mol. The van der Waals surface area contributed by atoms with Crippen molar-refractivity contribution in [2.45, 2.75) is 25.6 Å². The van der Waals surface area contributed by atoms with Crippen LogP contribution in [0.2, 0.25) is 0 Å². The van der Waals surface area contributed by atoms with Crippen LogP contribution in [-0.2, 0) is 6.18 Å². The molecule has 18 heavy (non-hydrogen) atoms. The molecule has 1 atom stereocenters. The van der Waals surface area contributed by atoms with Gasteiger partial charge in [0, 0.05) is 38.1 Å². The Kier molecular flexibility index (Phi) is 3.70. The van der Waals surface area contributed by atoms with Gasteiger partial charge in [0.1, 0.15) is 0 Å². The molecule has 7 heteroatoms. The highest BCUT2D eigenvalue weighted by Crippen LogP contribution is 2.28. The summed E-state index contributed by atoms with van der Waals surface area (Å²) >= 11 is 0. The minimum atomic E-state index is -4.38. The number of piperazine rings is 1. The maximum absolute atomic E-state index is 12.4. The molecule has 1 fully saturated rings. The highest BCUT2D eigenvalue weighted by atomic mass is 19.4. The number of alkyl halides is 3. The standard InChI is InChI=1S/C11H15F3N4/c1-2-9-7-18(4-3-15-9)10-16-5-8(6-17-10)11(12,13)14/h5-6,9,15H,2-4,7H2,1H3. The first-order valence-electron chi connectivity index (χ1n) is 5.88. The Morgan fingerprint density at radius 3 is 2.61 bits per heavy atom. The van der Waals surface area contributed by atoms with E-state index in [2.05, 4.69) is 22.2 Å². The van der Waals surface area contributed by atoms with Crippen LogP contribution in [0.4, 0.5) is 19.1 Å². The maximum Gasteiger partial charge on any atom is 0.419 e. The van der Waals surface area contributed by atoms with Crippen molar-refractivity contribution in [2.75, 3.05) is 24.5 Å². The molecular formula is C11H15F3N4. The molecule has 0 aliphatic carbocycles. The topological polar surface area (TPSA) is 41.1 Å². The fourth-order valence-corrected chi connectivity index (χ4v) is 1.91. The number of nitrogens with zero attached hydrogens (tertiary/aromatic N) is 3. The van der Waals surface area contributed by atoms with Crippen LogP contribution in [0.15, 0.2) is 12.4 Å². The van der Waals surface area contributed by atoms with Crippen molar-refractivity contribution in [3.05, 3.63) is 18.0 Å². The van der Waals surface area contributed by atoms with Gasteiger partial charge in [-0.2, -0.15) is 13.2 Å². The third kappa shape index (κ3) is 2.90. The van der Waals surface area contributed by atoms with E-state index in [1.807, 2.05) is 4.90 Å². The van der Waals surface area contributed by atoms with Gasteiger partial charge in [-0.25, -0.2) is 9.97 Å². The molecular weight excluding hydrogens is 245 g/mol. The van der Waals surface area contributed by atoms with Gasteiger partial charge in [-0.1, -0.05) is 6.92 Å². The summed E-state index contributed by atoms with van der Waals surface area (Å²) in [5.41, 5.74) is -0.812. The smallest absolute Gasteiger partial charge is 0.338 e. The van der Waals surface area contributed by atoms with Crippen molar-refractivity contribution in [3.8, 4) is 0 Å². The Balaban J connectivity index is 2.09. The fraction of sp³-hybridized carbons (Fsp3) is 0.636. The van der Waals surface area contributed by atoms with E-state index in [4.69, 9.17) is 0 Å². The summed E-state index contributed by atoms with van der Waals surface area (Å²) in [6.45, 7) is 4.29. The lowest BCUT2D eigenvalue weighted by atomic mass is 10.2. The van der Waals surface area contributed by atoms with Gasteiger partial charge in [-0.05, 0) is 6.42 Å². The molecule has 1 aliphatic heterocycles. The van der Waals surface area contributed by atoms with Gasteiger partial charge in [0.05, 0.1) is 5.56 Å². The summed E-state index contributed by atoms with van der Waals surface area (Å²) < 4.78 is 37.1. The first-order valence-corrected chi connectivity index (χ1v) is 5.88. The number of hydrogen-bond acceptors (Lipinski definition) is 4.